The third-order valence-electron chi connectivity index (χ3n) is 2.87. The van der Waals surface area contributed by atoms with Crippen molar-refractivity contribution in [3.63, 3.8) is 0 Å². The monoisotopic (exact) mass is 259 g/mol. The van der Waals surface area contributed by atoms with Crippen molar-refractivity contribution < 1.29 is 4.79 Å². The Morgan fingerprint density at radius 3 is 2.79 bits per heavy atom. The van der Waals surface area contributed by atoms with Gasteiger partial charge in [0.05, 0.1) is 17.3 Å². The number of anilines is 1. The van der Waals surface area contributed by atoms with Crippen LogP contribution < -0.4 is 11.1 Å². The average Bonchev–Trinajstić information content (AvgIpc) is 2.93. The molecule has 0 unspecified atom stereocenters. The van der Waals surface area contributed by atoms with Gasteiger partial charge in [0.2, 0.25) is 5.91 Å². The van der Waals surface area contributed by atoms with Gasteiger partial charge in [-0.05, 0) is 32.0 Å². The lowest BCUT2D eigenvalue weighted by Gasteiger charge is -2.21. The summed E-state index contributed by atoms with van der Waals surface area (Å²) in [6.07, 6.45) is 5.08. The number of amides is 1. The molecule has 0 aromatic carbocycles. The number of nitrogens with two attached hydrogens (primary N) is 1. The SMILES string of the molecule is CC(C)(CN)C(=O)Nc1ccc(-n2cccn2)nc1. The Labute approximate surface area is 111 Å². The molecule has 0 spiro atoms. The number of hydrogen-bond acceptors (Lipinski definition) is 4. The number of aromatic nitrogens is 3. The fourth-order valence-corrected chi connectivity index (χ4v) is 1.39. The summed E-state index contributed by atoms with van der Waals surface area (Å²) < 4.78 is 1.65. The van der Waals surface area contributed by atoms with E-state index in [1.165, 1.54) is 0 Å². The van der Waals surface area contributed by atoms with E-state index in [-0.39, 0.29) is 12.5 Å². The second-order valence-corrected chi connectivity index (χ2v) is 4.90. The van der Waals surface area contributed by atoms with Gasteiger partial charge in [0, 0.05) is 18.9 Å². The van der Waals surface area contributed by atoms with Crippen molar-refractivity contribution in [2.75, 3.05) is 11.9 Å². The molecule has 2 heterocycles. The van der Waals surface area contributed by atoms with E-state index in [0.29, 0.717) is 11.5 Å². The van der Waals surface area contributed by atoms with E-state index in [4.69, 9.17) is 5.73 Å². The van der Waals surface area contributed by atoms with Crippen LogP contribution in [-0.2, 0) is 4.79 Å². The summed E-state index contributed by atoms with van der Waals surface area (Å²) in [6, 6.07) is 5.40. The molecule has 3 N–H and O–H groups in total. The Morgan fingerprint density at radius 1 is 1.47 bits per heavy atom. The van der Waals surface area contributed by atoms with E-state index in [0.717, 1.165) is 0 Å². The van der Waals surface area contributed by atoms with Crippen molar-refractivity contribution in [2.24, 2.45) is 11.1 Å². The molecule has 2 rings (SSSR count). The molecule has 0 aliphatic heterocycles. The number of nitrogens with one attached hydrogen (secondary N) is 1. The smallest absolute Gasteiger partial charge is 0.231 e. The Bertz CT molecular complexity index is 545. The molecule has 6 heteroatoms. The molecule has 0 bridgehead atoms. The third-order valence-corrected chi connectivity index (χ3v) is 2.87. The first-order valence-electron chi connectivity index (χ1n) is 6.00. The number of nitrogens with zero attached hydrogens (tertiary/aromatic N) is 3. The second kappa shape index (κ2) is 5.19. The predicted octanol–water partition coefficient (Wildman–Crippen LogP) is 1.19. The molecule has 0 fully saturated rings. The standard InChI is InChI=1S/C13H17N5O/c1-13(2,9-14)12(19)17-10-4-5-11(15-8-10)18-7-3-6-16-18/h3-8H,9,14H2,1-2H3,(H,17,19). The van der Waals surface area contributed by atoms with Crippen molar-refractivity contribution in [1.29, 1.82) is 0 Å². The van der Waals surface area contributed by atoms with Gasteiger partial charge in [-0.1, -0.05) is 0 Å². The highest BCUT2D eigenvalue weighted by Crippen LogP contribution is 2.17. The first-order chi connectivity index (χ1) is 9.03. The Hall–Kier alpha value is -2.21. The van der Waals surface area contributed by atoms with Gasteiger partial charge in [-0.15, -0.1) is 0 Å². The van der Waals surface area contributed by atoms with E-state index in [1.54, 1.807) is 49.3 Å². The fourth-order valence-electron chi connectivity index (χ4n) is 1.39. The minimum Gasteiger partial charge on any atom is -0.329 e. The van der Waals surface area contributed by atoms with Crippen LogP contribution >= 0.6 is 0 Å². The number of carbonyl (C=O) groups excluding carboxylic acids is 1. The van der Waals surface area contributed by atoms with Gasteiger partial charge < -0.3 is 11.1 Å². The topological polar surface area (TPSA) is 85.8 Å². The molecule has 0 atom stereocenters. The van der Waals surface area contributed by atoms with Crippen LogP contribution in [0.1, 0.15) is 13.8 Å². The molecule has 0 radical (unpaired) electrons. The molecule has 6 nitrogen and oxygen atoms in total. The highest BCUT2D eigenvalue weighted by Gasteiger charge is 2.25. The van der Waals surface area contributed by atoms with Gasteiger partial charge in [0.15, 0.2) is 5.82 Å². The molecular formula is C13H17N5O. The van der Waals surface area contributed by atoms with Crippen molar-refractivity contribution in [3.8, 4) is 5.82 Å². The van der Waals surface area contributed by atoms with Crippen LogP contribution in [0.25, 0.3) is 5.82 Å². The number of rotatable bonds is 4. The van der Waals surface area contributed by atoms with Gasteiger partial charge in [0.1, 0.15) is 0 Å². The average molecular weight is 259 g/mol. The van der Waals surface area contributed by atoms with E-state index in [1.807, 2.05) is 6.07 Å². The van der Waals surface area contributed by atoms with Crippen molar-refractivity contribution >= 4 is 11.6 Å². The van der Waals surface area contributed by atoms with Crippen molar-refractivity contribution in [3.05, 3.63) is 36.8 Å². The molecule has 2 aromatic rings. The minimum atomic E-state index is -0.597. The van der Waals surface area contributed by atoms with E-state index in [2.05, 4.69) is 15.4 Å². The van der Waals surface area contributed by atoms with Gasteiger partial charge in [-0.3, -0.25) is 4.79 Å². The zero-order valence-corrected chi connectivity index (χ0v) is 11.0. The summed E-state index contributed by atoms with van der Waals surface area (Å²) in [7, 11) is 0. The second-order valence-electron chi connectivity index (χ2n) is 4.90. The molecular weight excluding hydrogens is 242 g/mol. The van der Waals surface area contributed by atoms with Gasteiger partial charge >= 0.3 is 0 Å². The maximum Gasteiger partial charge on any atom is 0.231 e. The van der Waals surface area contributed by atoms with Crippen molar-refractivity contribution in [1.82, 2.24) is 14.8 Å². The lowest BCUT2D eigenvalue weighted by Crippen LogP contribution is -2.37. The van der Waals surface area contributed by atoms with Crippen LogP contribution in [0, 0.1) is 5.41 Å². The third kappa shape index (κ3) is 2.97. The van der Waals surface area contributed by atoms with E-state index >= 15 is 0 Å². The Morgan fingerprint density at radius 2 is 2.26 bits per heavy atom. The minimum absolute atomic E-state index is 0.122. The van der Waals surface area contributed by atoms with Gasteiger partial charge in [-0.25, -0.2) is 9.67 Å². The fraction of sp³-hybridized carbons (Fsp3) is 0.308. The molecule has 0 saturated carbocycles. The maximum atomic E-state index is 11.9. The summed E-state index contributed by atoms with van der Waals surface area (Å²) >= 11 is 0. The molecule has 0 aliphatic carbocycles. The zero-order valence-electron chi connectivity index (χ0n) is 11.0. The zero-order chi connectivity index (χ0) is 13.9. The van der Waals surface area contributed by atoms with Crippen LogP contribution in [0.5, 0.6) is 0 Å². The normalized spacial score (nSPS) is 11.3. The summed E-state index contributed by atoms with van der Waals surface area (Å²) in [6.45, 7) is 3.89. The Balaban J connectivity index is 2.10. The first kappa shape index (κ1) is 13.2. The lowest BCUT2D eigenvalue weighted by molar-refractivity contribution is -0.123. The van der Waals surface area contributed by atoms with Crippen LogP contribution in [0.15, 0.2) is 36.8 Å². The molecule has 100 valence electrons. The van der Waals surface area contributed by atoms with Crippen LogP contribution in [0.2, 0.25) is 0 Å². The summed E-state index contributed by atoms with van der Waals surface area (Å²) in [4.78, 5) is 16.2. The molecule has 1 amide bonds. The predicted molar refractivity (Wildman–Crippen MR) is 72.8 cm³/mol. The highest BCUT2D eigenvalue weighted by molar-refractivity contribution is 5.94. The first-order valence-corrected chi connectivity index (χ1v) is 6.00. The molecule has 19 heavy (non-hydrogen) atoms. The Kier molecular flexibility index (Phi) is 3.62. The maximum absolute atomic E-state index is 11.9. The molecule has 2 aromatic heterocycles. The largest absolute Gasteiger partial charge is 0.329 e. The van der Waals surface area contributed by atoms with E-state index in [9.17, 15) is 4.79 Å². The molecule has 0 saturated heterocycles. The van der Waals surface area contributed by atoms with Crippen LogP contribution in [-0.4, -0.2) is 27.2 Å². The summed E-state index contributed by atoms with van der Waals surface area (Å²) in [5, 5.41) is 6.87. The number of carbonyl (C=O) groups is 1. The van der Waals surface area contributed by atoms with Crippen LogP contribution in [0.3, 0.4) is 0 Å². The number of hydrogen-bond donors (Lipinski definition) is 2. The summed E-state index contributed by atoms with van der Waals surface area (Å²) in [5.74, 6) is 0.574. The molecule has 0 aliphatic rings. The number of pyridine rings is 1. The van der Waals surface area contributed by atoms with Gasteiger partial charge in [0.25, 0.3) is 0 Å². The quantitative estimate of drug-likeness (QED) is 0.863. The van der Waals surface area contributed by atoms with Crippen LogP contribution in [0.4, 0.5) is 5.69 Å². The summed E-state index contributed by atoms with van der Waals surface area (Å²) in [5.41, 5.74) is 5.61. The van der Waals surface area contributed by atoms with E-state index < -0.39 is 5.41 Å². The van der Waals surface area contributed by atoms with Crippen molar-refractivity contribution in [2.45, 2.75) is 13.8 Å². The highest BCUT2D eigenvalue weighted by atomic mass is 16.2. The lowest BCUT2D eigenvalue weighted by atomic mass is 9.92. The van der Waals surface area contributed by atoms with Gasteiger partial charge in [-0.2, -0.15) is 5.10 Å².